The smallest absolute Gasteiger partial charge is 0.329 e. The fourth-order valence-electron chi connectivity index (χ4n) is 2.42. The van der Waals surface area contributed by atoms with Crippen molar-refractivity contribution in [3.8, 4) is 5.75 Å². The summed E-state index contributed by atoms with van der Waals surface area (Å²) in [7, 11) is 0. The van der Waals surface area contributed by atoms with Crippen LogP contribution in [0.5, 0.6) is 5.75 Å². The number of amides is 3. The van der Waals surface area contributed by atoms with Gasteiger partial charge in [-0.25, -0.2) is 5.43 Å². The van der Waals surface area contributed by atoms with E-state index in [2.05, 4.69) is 28.1 Å². The fourth-order valence-corrected chi connectivity index (χ4v) is 2.42. The number of para-hydroxylation sites is 1. The molecule has 0 unspecified atom stereocenters. The van der Waals surface area contributed by atoms with E-state index < -0.39 is 11.8 Å². The Morgan fingerprint density at radius 2 is 1.73 bits per heavy atom. The molecular formula is C22H26N4O4. The van der Waals surface area contributed by atoms with E-state index in [9.17, 15) is 14.4 Å². The molecule has 0 heterocycles. The zero-order chi connectivity index (χ0) is 21.9. The Balaban J connectivity index is 1.90. The Labute approximate surface area is 175 Å². The van der Waals surface area contributed by atoms with Gasteiger partial charge in [0.2, 0.25) is 0 Å². The first-order valence-corrected chi connectivity index (χ1v) is 9.63. The number of anilines is 1. The van der Waals surface area contributed by atoms with E-state index in [1.165, 1.54) is 11.8 Å². The summed E-state index contributed by atoms with van der Waals surface area (Å²) >= 11 is 0. The molecule has 2 aromatic rings. The zero-order valence-corrected chi connectivity index (χ0v) is 17.3. The van der Waals surface area contributed by atoms with Crippen molar-refractivity contribution in [2.24, 2.45) is 5.10 Å². The molecule has 0 aliphatic heterocycles. The van der Waals surface area contributed by atoms with Crippen LogP contribution in [0.1, 0.15) is 31.9 Å². The van der Waals surface area contributed by atoms with Gasteiger partial charge in [-0.2, -0.15) is 5.10 Å². The highest BCUT2D eigenvalue weighted by molar-refractivity contribution is 6.35. The maximum absolute atomic E-state index is 12.1. The summed E-state index contributed by atoms with van der Waals surface area (Å²) in [6.07, 6.45) is 2.27. The summed E-state index contributed by atoms with van der Waals surface area (Å²) in [5.41, 5.74) is 4.58. The molecule has 0 aliphatic carbocycles. The normalized spacial score (nSPS) is 10.7. The van der Waals surface area contributed by atoms with Gasteiger partial charge in [-0.15, -0.1) is 0 Å². The molecule has 30 heavy (non-hydrogen) atoms. The monoisotopic (exact) mass is 410 g/mol. The van der Waals surface area contributed by atoms with Gasteiger partial charge in [0, 0.05) is 17.3 Å². The molecule has 3 amide bonds. The van der Waals surface area contributed by atoms with Gasteiger partial charge in [0.25, 0.3) is 5.91 Å². The number of nitrogens with zero attached hydrogens (tertiary/aromatic N) is 1. The third-order valence-electron chi connectivity index (χ3n) is 3.92. The van der Waals surface area contributed by atoms with E-state index in [0.29, 0.717) is 17.0 Å². The van der Waals surface area contributed by atoms with Crippen molar-refractivity contribution in [1.29, 1.82) is 0 Å². The van der Waals surface area contributed by atoms with Crippen LogP contribution < -0.4 is 20.8 Å². The molecule has 0 fully saturated rings. The highest BCUT2D eigenvalue weighted by atomic mass is 16.5. The van der Waals surface area contributed by atoms with Crippen molar-refractivity contribution in [2.45, 2.75) is 33.2 Å². The minimum absolute atomic E-state index is 0.155. The number of carbonyl (C=O) groups is 3. The maximum Gasteiger partial charge on any atom is 0.329 e. The first-order valence-electron chi connectivity index (χ1n) is 9.63. The molecule has 0 saturated heterocycles. The zero-order valence-electron chi connectivity index (χ0n) is 17.3. The number of ether oxygens (including phenoxy) is 1. The summed E-state index contributed by atoms with van der Waals surface area (Å²) in [6.45, 7) is 5.37. The van der Waals surface area contributed by atoms with E-state index >= 15 is 0 Å². The van der Waals surface area contributed by atoms with Gasteiger partial charge in [0.15, 0.2) is 6.61 Å². The van der Waals surface area contributed by atoms with Gasteiger partial charge in [0.05, 0.1) is 6.21 Å². The van der Waals surface area contributed by atoms with Crippen LogP contribution in [0.4, 0.5) is 5.69 Å². The number of nitrogens with one attached hydrogen (secondary N) is 3. The lowest BCUT2D eigenvalue weighted by Crippen LogP contribution is -2.41. The van der Waals surface area contributed by atoms with Crippen molar-refractivity contribution in [2.75, 3.05) is 11.9 Å². The predicted molar refractivity (Wildman–Crippen MR) is 115 cm³/mol. The highest BCUT2D eigenvalue weighted by Gasteiger charge is 2.13. The second-order valence-electron chi connectivity index (χ2n) is 6.75. The van der Waals surface area contributed by atoms with Gasteiger partial charge in [0.1, 0.15) is 5.75 Å². The fraction of sp³-hybridized carbons (Fsp3) is 0.273. The molecule has 0 saturated carbocycles. The van der Waals surface area contributed by atoms with Crippen LogP contribution >= 0.6 is 0 Å². The Morgan fingerprint density at radius 1 is 1.03 bits per heavy atom. The molecule has 0 radical (unpaired) electrons. The van der Waals surface area contributed by atoms with Crippen molar-refractivity contribution >= 4 is 29.6 Å². The first-order chi connectivity index (χ1) is 14.4. The number of hydrogen-bond donors (Lipinski definition) is 3. The summed E-state index contributed by atoms with van der Waals surface area (Å²) < 4.78 is 5.58. The van der Waals surface area contributed by atoms with Crippen LogP contribution in [0.25, 0.3) is 0 Å². The minimum atomic E-state index is -0.869. The third kappa shape index (κ3) is 7.38. The minimum Gasteiger partial charge on any atom is -0.483 e. The van der Waals surface area contributed by atoms with Crippen molar-refractivity contribution in [3.63, 3.8) is 0 Å². The molecule has 2 aromatic carbocycles. The van der Waals surface area contributed by atoms with Crippen LogP contribution in [-0.2, 0) is 20.8 Å². The van der Waals surface area contributed by atoms with Crippen molar-refractivity contribution in [3.05, 3.63) is 59.7 Å². The number of hydrogen-bond acceptors (Lipinski definition) is 5. The number of aryl methyl sites for hydroxylation is 1. The Hall–Kier alpha value is -3.68. The second kappa shape index (κ2) is 11.4. The van der Waals surface area contributed by atoms with E-state index in [1.54, 1.807) is 38.1 Å². The van der Waals surface area contributed by atoms with Crippen molar-refractivity contribution < 1.29 is 19.1 Å². The first kappa shape index (κ1) is 22.6. The van der Waals surface area contributed by atoms with Gasteiger partial charge >= 0.3 is 11.8 Å². The van der Waals surface area contributed by atoms with Crippen LogP contribution in [0, 0.1) is 0 Å². The number of hydrazone groups is 1. The Bertz CT molecular complexity index is 908. The lowest BCUT2D eigenvalue weighted by atomic mass is 10.1. The largest absolute Gasteiger partial charge is 0.483 e. The number of carbonyl (C=O) groups excluding carboxylic acids is 3. The SMILES string of the molecule is CCc1ccc(NC(=O)COc2ccccc2/C=N\NC(=O)C(=O)NC(C)C)cc1. The van der Waals surface area contributed by atoms with E-state index in [1.807, 2.05) is 24.3 Å². The Kier molecular flexibility index (Phi) is 8.56. The molecule has 158 valence electrons. The second-order valence-corrected chi connectivity index (χ2v) is 6.75. The lowest BCUT2D eigenvalue weighted by molar-refractivity contribution is -0.139. The standard InChI is InChI=1S/C22H26N4O4/c1-4-16-9-11-18(12-10-16)25-20(27)14-30-19-8-6-5-7-17(19)13-23-26-22(29)21(28)24-15(2)3/h5-13,15H,4,14H2,1-3H3,(H,24,28)(H,25,27)(H,26,29)/b23-13-. The molecule has 2 rings (SSSR count). The molecule has 0 atom stereocenters. The van der Waals surface area contributed by atoms with E-state index in [0.717, 1.165) is 6.42 Å². The average molecular weight is 410 g/mol. The summed E-state index contributed by atoms with van der Waals surface area (Å²) in [5, 5.41) is 9.01. The van der Waals surface area contributed by atoms with Gasteiger partial charge in [-0.1, -0.05) is 31.2 Å². The van der Waals surface area contributed by atoms with Crippen LogP contribution in [0.15, 0.2) is 53.6 Å². The maximum atomic E-state index is 12.1. The van der Waals surface area contributed by atoms with Crippen LogP contribution in [-0.4, -0.2) is 36.6 Å². The summed E-state index contributed by atoms with van der Waals surface area (Å²) in [5.74, 6) is -1.52. The highest BCUT2D eigenvalue weighted by Crippen LogP contribution is 2.16. The molecular weight excluding hydrogens is 384 g/mol. The van der Waals surface area contributed by atoms with Gasteiger partial charge in [-0.05, 0) is 50.1 Å². The average Bonchev–Trinajstić information content (AvgIpc) is 2.73. The molecule has 0 aromatic heterocycles. The quantitative estimate of drug-likeness (QED) is 0.352. The molecule has 8 nitrogen and oxygen atoms in total. The topological polar surface area (TPSA) is 109 Å². The van der Waals surface area contributed by atoms with Crippen LogP contribution in [0.3, 0.4) is 0 Å². The molecule has 0 bridgehead atoms. The predicted octanol–water partition coefficient (Wildman–Crippen LogP) is 2.24. The molecule has 3 N–H and O–H groups in total. The summed E-state index contributed by atoms with van der Waals surface area (Å²) in [4.78, 5) is 35.4. The lowest BCUT2D eigenvalue weighted by Gasteiger charge is -2.10. The summed E-state index contributed by atoms with van der Waals surface area (Å²) in [6, 6.07) is 14.3. The van der Waals surface area contributed by atoms with Crippen molar-refractivity contribution in [1.82, 2.24) is 10.7 Å². The molecule has 0 aliphatic rings. The van der Waals surface area contributed by atoms with Gasteiger partial charge in [-0.3, -0.25) is 14.4 Å². The van der Waals surface area contributed by atoms with Gasteiger partial charge < -0.3 is 15.4 Å². The van der Waals surface area contributed by atoms with E-state index in [4.69, 9.17) is 4.74 Å². The number of benzene rings is 2. The third-order valence-corrected chi connectivity index (χ3v) is 3.92. The molecule has 8 heteroatoms. The van der Waals surface area contributed by atoms with Crippen LogP contribution in [0.2, 0.25) is 0 Å². The number of rotatable bonds is 8. The molecule has 0 spiro atoms. The Morgan fingerprint density at radius 3 is 2.40 bits per heavy atom. The van der Waals surface area contributed by atoms with E-state index in [-0.39, 0.29) is 18.6 Å².